The third-order valence-electron chi connectivity index (χ3n) is 5.40. The molecule has 0 radical (unpaired) electrons. The van der Waals surface area contributed by atoms with Crippen molar-refractivity contribution in [2.75, 3.05) is 18.8 Å². The van der Waals surface area contributed by atoms with Crippen molar-refractivity contribution in [3.05, 3.63) is 60.9 Å². The Hall–Kier alpha value is -2.79. The quantitative estimate of drug-likeness (QED) is 0.302. The third-order valence-corrected chi connectivity index (χ3v) is 6.27. The Morgan fingerprint density at radius 2 is 1.77 bits per heavy atom. The molecule has 1 aliphatic rings. The first-order valence-corrected chi connectivity index (χ1v) is 10.9. The number of nitrogen functional groups attached to an aromatic ring is 1. The van der Waals surface area contributed by atoms with Gasteiger partial charge in [-0.25, -0.2) is 22.2 Å². The number of fused-ring (bicyclic) bond motifs is 1. The summed E-state index contributed by atoms with van der Waals surface area (Å²) in [6, 6.07) is 16.8. The van der Waals surface area contributed by atoms with Gasteiger partial charge in [0.25, 0.3) is 0 Å². The SMILES string of the molecule is Nc1ncnc2c1c(-c1ccc(Oc3ccccc3)cc1)nn2[C@@H]1CCN(I)C[C@@H]1F. The number of rotatable bonds is 4. The second-order valence-corrected chi connectivity index (χ2v) is 8.80. The van der Waals surface area contributed by atoms with Crippen molar-refractivity contribution in [3.8, 4) is 22.8 Å². The van der Waals surface area contributed by atoms with E-state index in [0.717, 1.165) is 17.9 Å². The summed E-state index contributed by atoms with van der Waals surface area (Å²) in [6.45, 7) is 1.14. The van der Waals surface area contributed by atoms with Gasteiger partial charge in [-0.3, -0.25) is 0 Å². The van der Waals surface area contributed by atoms with Gasteiger partial charge < -0.3 is 10.5 Å². The van der Waals surface area contributed by atoms with E-state index in [1.165, 1.54) is 6.33 Å². The molecule has 5 rings (SSSR count). The largest absolute Gasteiger partial charge is 0.457 e. The predicted octanol–water partition coefficient (Wildman–Crippen LogP) is 4.80. The summed E-state index contributed by atoms with van der Waals surface area (Å²) in [6.07, 6.45) is 1.00. The second kappa shape index (κ2) is 8.39. The van der Waals surface area contributed by atoms with E-state index >= 15 is 0 Å². The van der Waals surface area contributed by atoms with Crippen molar-refractivity contribution in [1.29, 1.82) is 0 Å². The average Bonchev–Trinajstić information content (AvgIpc) is 3.16. The summed E-state index contributed by atoms with van der Waals surface area (Å²) in [5.74, 6) is 1.80. The lowest BCUT2D eigenvalue weighted by Gasteiger charge is -2.31. The van der Waals surface area contributed by atoms with Crippen LogP contribution in [0.1, 0.15) is 12.5 Å². The maximum Gasteiger partial charge on any atom is 0.164 e. The summed E-state index contributed by atoms with van der Waals surface area (Å²) < 4.78 is 24.4. The zero-order valence-electron chi connectivity index (χ0n) is 16.5. The van der Waals surface area contributed by atoms with E-state index in [-0.39, 0.29) is 0 Å². The van der Waals surface area contributed by atoms with Crippen LogP contribution in [0, 0.1) is 0 Å². The summed E-state index contributed by atoms with van der Waals surface area (Å²) >= 11 is 2.16. The summed E-state index contributed by atoms with van der Waals surface area (Å²) in [4.78, 5) is 8.53. The molecule has 0 aliphatic carbocycles. The van der Waals surface area contributed by atoms with Crippen LogP contribution in [0.4, 0.5) is 10.2 Å². The van der Waals surface area contributed by atoms with Gasteiger partial charge in [0.1, 0.15) is 35.5 Å². The lowest BCUT2D eigenvalue weighted by Crippen LogP contribution is -2.38. The highest BCUT2D eigenvalue weighted by molar-refractivity contribution is 14.1. The van der Waals surface area contributed by atoms with Gasteiger partial charge in [-0.1, -0.05) is 18.2 Å². The minimum atomic E-state index is -1.04. The van der Waals surface area contributed by atoms with Crippen molar-refractivity contribution in [3.63, 3.8) is 0 Å². The topological polar surface area (TPSA) is 82.1 Å². The summed E-state index contributed by atoms with van der Waals surface area (Å²) in [7, 11) is 0. The predicted molar refractivity (Wildman–Crippen MR) is 126 cm³/mol. The number of halogens is 2. The molecule has 0 amide bonds. The number of nitrogens with two attached hydrogens (primary N) is 1. The second-order valence-electron chi connectivity index (χ2n) is 7.43. The molecule has 2 aromatic heterocycles. The molecule has 7 nitrogen and oxygen atoms in total. The summed E-state index contributed by atoms with van der Waals surface area (Å²) in [5.41, 5.74) is 8.23. The molecule has 4 aromatic rings. The fourth-order valence-electron chi connectivity index (χ4n) is 3.87. The van der Waals surface area contributed by atoms with Gasteiger partial charge in [-0.2, -0.15) is 5.10 Å². The number of alkyl halides is 1. The fraction of sp³-hybridized carbons (Fsp3) is 0.227. The van der Waals surface area contributed by atoms with Crippen LogP contribution >= 0.6 is 22.9 Å². The molecule has 3 heterocycles. The number of ether oxygens (including phenoxy) is 1. The van der Waals surface area contributed by atoms with Crippen molar-refractivity contribution in [1.82, 2.24) is 22.9 Å². The van der Waals surface area contributed by atoms with Crippen LogP contribution in [0.2, 0.25) is 0 Å². The van der Waals surface area contributed by atoms with Gasteiger partial charge in [0.15, 0.2) is 5.65 Å². The zero-order valence-corrected chi connectivity index (χ0v) is 18.7. The van der Waals surface area contributed by atoms with Crippen LogP contribution in [-0.4, -0.2) is 42.1 Å². The lowest BCUT2D eigenvalue weighted by atomic mass is 10.1. The fourth-order valence-corrected chi connectivity index (χ4v) is 4.52. The molecule has 0 bridgehead atoms. The number of anilines is 1. The van der Waals surface area contributed by atoms with Gasteiger partial charge in [0, 0.05) is 41.5 Å². The van der Waals surface area contributed by atoms with Gasteiger partial charge in [0.05, 0.1) is 11.4 Å². The van der Waals surface area contributed by atoms with E-state index in [0.29, 0.717) is 41.3 Å². The minimum absolute atomic E-state index is 0.331. The first-order valence-electron chi connectivity index (χ1n) is 9.97. The maximum absolute atomic E-state index is 14.9. The smallest absolute Gasteiger partial charge is 0.164 e. The van der Waals surface area contributed by atoms with Crippen molar-refractivity contribution >= 4 is 39.7 Å². The highest BCUT2D eigenvalue weighted by atomic mass is 127. The van der Waals surface area contributed by atoms with Gasteiger partial charge in [-0.05, 0) is 42.8 Å². The van der Waals surface area contributed by atoms with Crippen LogP contribution < -0.4 is 10.5 Å². The number of para-hydroxylation sites is 1. The van der Waals surface area contributed by atoms with Crippen LogP contribution in [0.3, 0.4) is 0 Å². The van der Waals surface area contributed by atoms with Crippen molar-refractivity contribution < 1.29 is 9.13 Å². The molecular formula is C22H20FIN6O. The van der Waals surface area contributed by atoms with Gasteiger partial charge >= 0.3 is 0 Å². The lowest BCUT2D eigenvalue weighted by molar-refractivity contribution is 0.145. The van der Waals surface area contributed by atoms with E-state index in [1.54, 1.807) is 4.68 Å². The molecule has 9 heteroatoms. The minimum Gasteiger partial charge on any atom is -0.457 e. The Bertz CT molecular complexity index is 1200. The number of nitrogens with zero attached hydrogens (tertiary/aromatic N) is 5. The molecule has 31 heavy (non-hydrogen) atoms. The number of hydrogen-bond acceptors (Lipinski definition) is 6. The Balaban J connectivity index is 1.53. The van der Waals surface area contributed by atoms with Crippen LogP contribution in [0.15, 0.2) is 60.9 Å². The molecule has 2 aromatic carbocycles. The average molecular weight is 530 g/mol. The Labute approximate surface area is 192 Å². The van der Waals surface area contributed by atoms with E-state index in [9.17, 15) is 4.39 Å². The van der Waals surface area contributed by atoms with Crippen LogP contribution in [0.5, 0.6) is 11.5 Å². The molecule has 0 saturated carbocycles. The number of benzene rings is 2. The van der Waals surface area contributed by atoms with E-state index in [4.69, 9.17) is 15.6 Å². The summed E-state index contributed by atoms with van der Waals surface area (Å²) in [5, 5.41) is 5.41. The zero-order chi connectivity index (χ0) is 21.4. The van der Waals surface area contributed by atoms with Gasteiger partial charge in [-0.15, -0.1) is 0 Å². The molecule has 1 aliphatic heterocycles. The molecule has 158 valence electrons. The third kappa shape index (κ3) is 3.94. The standard InChI is InChI=1S/C22H20FIN6O/c23-17-12-29(24)11-10-18(17)30-22-19(21(25)26-13-27-22)20(28-30)14-6-8-16(9-7-14)31-15-4-2-1-3-5-15/h1-9,13,17-18H,10-12H2,(H2,25,26,27)/t17-,18+/m0/s1. The Kier molecular flexibility index (Phi) is 5.45. The first kappa shape index (κ1) is 20.1. The normalized spacial score (nSPS) is 19.5. The maximum atomic E-state index is 14.9. The van der Waals surface area contributed by atoms with Gasteiger partial charge in [0.2, 0.25) is 0 Å². The number of aromatic nitrogens is 4. The van der Waals surface area contributed by atoms with Crippen LogP contribution in [-0.2, 0) is 0 Å². The van der Waals surface area contributed by atoms with Crippen LogP contribution in [0.25, 0.3) is 22.3 Å². The Morgan fingerprint density at radius 1 is 1.03 bits per heavy atom. The molecule has 1 fully saturated rings. The van der Waals surface area contributed by atoms with E-state index in [1.807, 2.05) is 57.7 Å². The highest BCUT2D eigenvalue weighted by Gasteiger charge is 2.33. The van der Waals surface area contributed by atoms with Crippen molar-refractivity contribution in [2.45, 2.75) is 18.6 Å². The molecule has 2 N–H and O–H groups in total. The molecular weight excluding hydrogens is 510 g/mol. The molecule has 0 spiro atoms. The molecule has 2 atom stereocenters. The molecule has 0 unspecified atom stereocenters. The Morgan fingerprint density at radius 3 is 2.52 bits per heavy atom. The first-order chi connectivity index (χ1) is 15.1. The van der Waals surface area contributed by atoms with Crippen molar-refractivity contribution in [2.24, 2.45) is 0 Å². The number of piperidine rings is 1. The monoisotopic (exact) mass is 530 g/mol. The highest BCUT2D eigenvalue weighted by Crippen LogP contribution is 2.36. The number of hydrogen-bond donors (Lipinski definition) is 1. The molecule has 1 saturated heterocycles. The van der Waals surface area contributed by atoms with E-state index < -0.39 is 12.2 Å². The van der Waals surface area contributed by atoms with E-state index in [2.05, 4.69) is 32.8 Å².